The number of nitrogens with two attached hydrogens (primary N) is 1. The van der Waals surface area contributed by atoms with Gasteiger partial charge >= 0.3 is 0 Å². The van der Waals surface area contributed by atoms with E-state index in [2.05, 4.69) is 52.1 Å². The Balaban J connectivity index is 1.96. The van der Waals surface area contributed by atoms with Gasteiger partial charge in [0.2, 0.25) is 0 Å². The maximum Gasteiger partial charge on any atom is 0.109 e. The van der Waals surface area contributed by atoms with Crippen molar-refractivity contribution in [2.45, 2.75) is 84.8 Å². The summed E-state index contributed by atoms with van der Waals surface area (Å²) in [5.41, 5.74) is 1.87. The van der Waals surface area contributed by atoms with Gasteiger partial charge in [0.05, 0.1) is 12.1 Å². The van der Waals surface area contributed by atoms with Gasteiger partial charge in [0, 0.05) is 23.6 Å². The Morgan fingerprint density at radius 1 is 1.15 bits per heavy atom. The van der Waals surface area contributed by atoms with Crippen molar-refractivity contribution < 1.29 is 10.1 Å². The zero-order valence-corrected chi connectivity index (χ0v) is 18.2. The highest BCUT2D eigenvalue weighted by atomic mass is 35.5. The molecule has 0 aliphatic carbocycles. The largest absolute Gasteiger partial charge is 0.375 e. The summed E-state index contributed by atoms with van der Waals surface area (Å²) in [6.07, 6.45) is 7.50. The lowest BCUT2D eigenvalue weighted by Gasteiger charge is -2.46. The second kappa shape index (κ2) is 9.57. The van der Waals surface area contributed by atoms with Crippen LogP contribution in [0.5, 0.6) is 0 Å². The molecule has 1 saturated heterocycles. The normalized spacial score (nSPS) is 27.7. The molecule has 26 heavy (non-hydrogen) atoms. The van der Waals surface area contributed by atoms with Gasteiger partial charge in [0.25, 0.3) is 0 Å². The molecule has 0 unspecified atom stereocenters. The minimum atomic E-state index is 0.0665. The number of hydrogen-bond donors (Lipinski definition) is 1. The molecule has 2 nitrogen and oxygen atoms in total. The van der Waals surface area contributed by atoms with Gasteiger partial charge in [0.1, 0.15) is 6.04 Å². The third-order valence-corrected chi connectivity index (χ3v) is 6.67. The molecule has 1 fully saturated rings. The van der Waals surface area contributed by atoms with Crippen LogP contribution in [0.3, 0.4) is 0 Å². The average Bonchev–Trinajstić information content (AvgIpc) is 2.61. The van der Waals surface area contributed by atoms with Crippen LogP contribution in [0, 0.1) is 11.3 Å². The zero-order chi connectivity index (χ0) is 19.2. The SMILES string of the molecule is CC[C@@]1(C)C[C@@](CC[NH2+][C@@H](C)c2ccc(Cl)cc2)(CCC(C)C)CCO1. The molecule has 2 rings (SSSR count). The maximum absolute atomic E-state index is 6.16. The fourth-order valence-electron chi connectivity index (χ4n) is 4.36. The molecule has 0 aromatic heterocycles. The van der Waals surface area contributed by atoms with Gasteiger partial charge < -0.3 is 10.1 Å². The van der Waals surface area contributed by atoms with Crippen molar-refractivity contribution in [3.8, 4) is 0 Å². The standard InChI is InChI=1S/C23H38ClNO/c1-6-22(5)17-23(14-16-26-22,12-11-18(2)3)13-15-25-19(4)20-7-9-21(24)10-8-20/h7-10,18-19,25H,6,11-17H2,1-5H3/p+1/t19-,22-,23+/m0/s1. The molecule has 0 saturated carbocycles. The maximum atomic E-state index is 6.16. The topological polar surface area (TPSA) is 25.8 Å². The van der Waals surface area contributed by atoms with Crippen molar-refractivity contribution >= 4 is 11.6 Å². The number of benzene rings is 1. The van der Waals surface area contributed by atoms with E-state index in [-0.39, 0.29) is 5.60 Å². The van der Waals surface area contributed by atoms with Crippen molar-refractivity contribution in [1.29, 1.82) is 0 Å². The van der Waals surface area contributed by atoms with E-state index in [0.29, 0.717) is 11.5 Å². The van der Waals surface area contributed by atoms with Gasteiger partial charge in [0.15, 0.2) is 0 Å². The molecule has 0 bridgehead atoms. The van der Waals surface area contributed by atoms with Crippen molar-refractivity contribution in [1.82, 2.24) is 0 Å². The second-order valence-electron chi connectivity index (χ2n) is 9.13. The van der Waals surface area contributed by atoms with Gasteiger partial charge in [-0.25, -0.2) is 0 Å². The van der Waals surface area contributed by atoms with Crippen LogP contribution in [-0.2, 0) is 4.74 Å². The molecule has 0 radical (unpaired) electrons. The first-order valence-corrected chi connectivity index (χ1v) is 10.9. The highest BCUT2D eigenvalue weighted by molar-refractivity contribution is 6.30. The summed E-state index contributed by atoms with van der Waals surface area (Å²) < 4.78 is 6.16. The van der Waals surface area contributed by atoms with Crippen LogP contribution in [0.2, 0.25) is 5.02 Å². The molecule has 3 heteroatoms. The molecular formula is C23H39ClNO+. The van der Waals surface area contributed by atoms with Crippen LogP contribution in [-0.4, -0.2) is 18.8 Å². The quantitative estimate of drug-likeness (QED) is 0.579. The Morgan fingerprint density at radius 2 is 1.85 bits per heavy atom. The van der Waals surface area contributed by atoms with E-state index in [9.17, 15) is 0 Å². The number of rotatable bonds is 9. The Morgan fingerprint density at radius 3 is 2.46 bits per heavy atom. The minimum Gasteiger partial charge on any atom is -0.375 e. The lowest BCUT2D eigenvalue weighted by Crippen LogP contribution is -2.85. The summed E-state index contributed by atoms with van der Waals surface area (Å²) in [6, 6.07) is 8.78. The molecule has 1 aliphatic rings. The predicted molar refractivity (Wildman–Crippen MR) is 112 cm³/mol. The highest BCUT2D eigenvalue weighted by Crippen LogP contribution is 2.46. The molecule has 1 aliphatic heterocycles. The Kier molecular flexibility index (Phi) is 8.00. The molecule has 2 N–H and O–H groups in total. The fourth-order valence-corrected chi connectivity index (χ4v) is 4.49. The summed E-state index contributed by atoms with van der Waals surface area (Å²) in [5.74, 6) is 0.777. The van der Waals surface area contributed by atoms with Gasteiger partial charge in [-0.2, -0.15) is 0 Å². The molecular weight excluding hydrogens is 342 g/mol. The first-order chi connectivity index (χ1) is 12.3. The number of ether oxygens (including phenoxy) is 1. The first-order valence-electron chi connectivity index (χ1n) is 10.5. The van der Waals surface area contributed by atoms with E-state index in [1.807, 2.05) is 12.1 Å². The Labute approximate surface area is 166 Å². The number of hydrogen-bond acceptors (Lipinski definition) is 1. The summed E-state index contributed by atoms with van der Waals surface area (Å²) in [7, 11) is 0. The average molecular weight is 381 g/mol. The lowest BCUT2D eigenvalue weighted by molar-refractivity contribution is -0.694. The molecule has 1 aromatic carbocycles. The van der Waals surface area contributed by atoms with Crippen molar-refractivity contribution in [3.05, 3.63) is 34.9 Å². The van der Waals surface area contributed by atoms with E-state index < -0.39 is 0 Å². The Bertz CT molecular complexity index is 544. The van der Waals surface area contributed by atoms with E-state index in [1.54, 1.807) is 0 Å². The monoisotopic (exact) mass is 380 g/mol. The molecule has 0 spiro atoms. The predicted octanol–water partition coefficient (Wildman–Crippen LogP) is 5.76. The third kappa shape index (κ3) is 6.25. The summed E-state index contributed by atoms with van der Waals surface area (Å²) in [5, 5.41) is 3.31. The summed E-state index contributed by atoms with van der Waals surface area (Å²) in [6.45, 7) is 13.7. The van der Waals surface area contributed by atoms with Gasteiger partial charge in [-0.15, -0.1) is 0 Å². The van der Waals surface area contributed by atoms with Crippen LogP contribution >= 0.6 is 11.6 Å². The zero-order valence-electron chi connectivity index (χ0n) is 17.5. The van der Waals surface area contributed by atoms with Crippen LogP contribution in [0.1, 0.15) is 84.7 Å². The van der Waals surface area contributed by atoms with Crippen molar-refractivity contribution in [3.63, 3.8) is 0 Å². The molecule has 1 heterocycles. The van der Waals surface area contributed by atoms with Gasteiger partial charge in [-0.3, -0.25) is 0 Å². The van der Waals surface area contributed by atoms with E-state index in [1.165, 1.54) is 44.2 Å². The molecule has 3 atom stereocenters. The minimum absolute atomic E-state index is 0.0665. The summed E-state index contributed by atoms with van der Waals surface area (Å²) >= 11 is 6.02. The molecule has 148 valence electrons. The third-order valence-electron chi connectivity index (χ3n) is 6.42. The van der Waals surface area contributed by atoms with Crippen LogP contribution in [0.4, 0.5) is 0 Å². The van der Waals surface area contributed by atoms with Crippen LogP contribution in [0.15, 0.2) is 24.3 Å². The molecule has 1 aromatic rings. The van der Waals surface area contributed by atoms with E-state index >= 15 is 0 Å². The van der Waals surface area contributed by atoms with E-state index in [0.717, 1.165) is 24.0 Å². The smallest absolute Gasteiger partial charge is 0.109 e. The number of halogens is 1. The van der Waals surface area contributed by atoms with Crippen molar-refractivity contribution in [2.75, 3.05) is 13.2 Å². The first kappa shape index (κ1) is 21.7. The van der Waals surface area contributed by atoms with Crippen LogP contribution < -0.4 is 5.32 Å². The lowest BCUT2D eigenvalue weighted by atomic mass is 9.67. The molecule has 0 amide bonds. The second-order valence-corrected chi connectivity index (χ2v) is 9.56. The number of quaternary nitrogens is 1. The van der Waals surface area contributed by atoms with Gasteiger partial charge in [-0.1, -0.05) is 50.9 Å². The van der Waals surface area contributed by atoms with E-state index in [4.69, 9.17) is 16.3 Å². The van der Waals surface area contributed by atoms with Gasteiger partial charge in [-0.05, 0) is 63.0 Å². The van der Waals surface area contributed by atoms with Crippen molar-refractivity contribution in [2.24, 2.45) is 11.3 Å². The summed E-state index contributed by atoms with van der Waals surface area (Å²) in [4.78, 5) is 0. The Hall–Kier alpha value is -0.570. The van der Waals surface area contributed by atoms with Crippen LogP contribution in [0.25, 0.3) is 0 Å². The highest BCUT2D eigenvalue weighted by Gasteiger charge is 2.42. The fraction of sp³-hybridized carbons (Fsp3) is 0.739.